The van der Waals surface area contributed by atoms with E-state index in [-0.39, 0.29) is 12.4 Å². The molecule has 0 aromatic rings. The summed E-state index contributed by atoms with van der Waals surface area (Å²) < 4.78 is 6.66. The van der Waals surface area contributed by atoms with Gasteiger partial charge in [-0.25, -0.2) is 0 Å². The summed E-state index contributed by atoms with van der Waals surface area (Å²) in [5, 5.41) is 0. The average molecular weight is 504 g/mol. The minimum atomic E-state index is 0. The molecule has 0 spiro atoms. The van der Waals surface area contributed by atoms with Crippen molar-refractivity contribution < 1.29 is 21.3 Å². The standard InChI is InChI=1S/C29H62NOSi.ClH/c1-5-7-8-9-10-11-12-13-14-15-16-17-18-19-20-21-22-23-24-25-27-30(3,4)28-26-29-32-31-6-2;/h5-29H2,1-4H3;1H/q+1;/p-1. The lowest BCUT2D eigenvalue weighted by molar-refractivity contribution is -0.890. The highest BCUT2D eigenvalue weighted by Crippen LogP contribution is 2.15. The molecule has 0 aliphatic rings. The van der Waals surface area contributed by atoms with Crippen molar-refractivity contribution >= 4 is 9.76 Å². The quantitative estimate of drug-likeness (QED) is 0.0720. The Morgan fingerprint density at radius 2 is 0.818 bits per heavy atom. The minimum absolute atomic E-state index is 0. The van der Waals surface area contributed by atoms with Crippen LogP contribution in [0.15, 0.2) is 0 Å². The maximum Gasteiger partial charge on any atom is 0.229 e. The van der Waals surface area contributed by atoms with Crippen LogP contribution in [0.4, 0.5) is 0 Å². The van der Waals surface area contributed by atoms with Crippen LogP contribution in [0, 0.1) is 0 Å². The maximum absolute atomic E-state index is 5.47. The highest BCUT2D eigenvalue weighted by atomic mass is 35.5. The van der Waals surface area contributed by atoms with Crippen molar-refractivity contribution in [1.29, 1.82) is 0 Å². The second-order valence-corrected chi connectivity index (χ2v) is 11.9. The summed E-state index contributed by atoms with van der Waals surface area (Å²) in [6, 6.07) is 1.24. The molecule has 0 atom stereocenters. The van der Waals surface area contributed by atoms with E-state index in [2.05, 4.69) is 27.9 Å². The molecule has 0 aromatic heterocycles. The van der Waals surface area contributed by atoms with Crippen molar-refractivity contribution in [3.63, 3.8) is 0 Å². The fourth-order valence-corrected chi connectivity index (χ4v) is 5.31. The zero-order valence-corrected chi connectivity index (χ0v) is 25.2. The number of rotatable bonds is 27. The van der Waals surface area contributed by atoms with Crippen LogP contribution >= 0.6 is 0 Å². The zero-order chi connectivity index (χ0) is 23.6. The van der Waals surface area contributed by atoms with Gasteiger partial charge in [-0.15, -0.1) is 0 Å². The van der Waals surface area contributed by atoms with Gasteiger partial charge in [0, 0.05) is 6.61 Å². The van der Waals surface area contributed by atoms with E-state index in [4.69, 9.17) is 4.43 Å². The number of nitrogens with zero attached hydrogens (tertiary/aromatic N) is 1. The first-order valence-electron chi connectivity index (χ1n) is 14.8. The van der Waals surface area contributed by atoms with Gasteiger partial charge in [0.25, 0.3) is 0 Å². The van der Waals surface area contributed by atoms with Gasteiger partial charge in [0.2, 0.25) is 9.76 Å². The van der Waals surface area contributed by atoms with E-state index in [0.29, 0.717) is 9.76 Å². The molecule has 0 aliphatic carbocycles. The molecule has 0 saturated carbocycles. The summed E-state index contributed by atoms with van der Waals surface area (Å²) in [7, 11) is 5.51. The van der Waals surface area contributed by atoms with Crippen molar-refractivity contribution in [2.75, 3.05) is 33.8 Å². The first-order chi connectivity index (χ1) is 15.6. The van der Waals surface area contributed by atoms with Crippen LogP contribution in [0.1, 0.15) is 149 Å². The normalized spacial score (nSPS) is 11.6. The van der Waals surface area contributed by atoms with Crippen molar-refractivity contribution in [3.8, 4) is 0 Å². The summed E-state index contributed by atoms with van der Waals surface area (Å²) in [5.74, 6) is 0. The number of quaternary nitrogens is 1. The molecule has 33 heavy (non-hydrogen) atoms. The third-order valence-electron chi connectivity index (χ3n) is 6.91. The Labute approximate surface area is 219 Å². The van der Waals surface area contributed by atoms with Crippen LogP contribution in [-0.2, 0) is 4.43 Å². The van der Waals surface area contributed by atoms with Crippen LogP contribution in [0.5, 0.6) is 0 Å². The zero-order valence-electron chi connectivity index (χ0n) is 23.4. The lowest BCUT2D eigenvalue weighted by atomic mass is 10.0. The van der Waals surface area contributed by atoms with Gasteiger partial charge in [-0.1, -0.05) is 122 Å². The molecule has 0 saturated heterocycles. The summed E-state index contributed by atoms with van der Waals surface area (Å²) >= 11 is 0. The predicted molar refractivity (Wildman–Crippen MR) is 147 cm³/mol. The van der Waals surface area contributed by atoms with E-state index >= 15 is 0 Å². The van der Waals surface area contributed by atoms with E-state index in [1.807, 2.05) is 0 Å². The van der Waals surface area contributed by atoms with Crippen LogP contribution in [0.2, 0.25) is 6.04 Å². The largest absolute Gasteiger partial charge is 1.00 e. The minimum Gasteiger partial charge on any atom is -1.00 e. The molecule has 4 heteroatoms. The monoisotopic (exact) mass is 503 g/mol. The predicted octanol–water partition coefficient (Wildman–Crippen LogP) is 6.35. The lowest BCUT2D eigenvalue weighted by Gasteiger charge is -2.29. The van der Waals surface area contributed by atoms with E-state index in [0.717, 1.165) is 6.61 Å². The fraction of sp³-hybridized carbons (Fsp3) is 1.00. The summed E-state index contributed by atoms with van der Waals surface area (Å²) in [6.07, 6.45) is 30.6. The first-order valence-corrected chi connectivity index (χ1v) is 15.9. The summed E-state index contributed by atoms with van der Waals surface area (Å²) in [6.45, 7) is 7.91. The third-order valence-corrected chi connectivity index (χ3v) is 7.96. The summed E-state index contributed by atoms with van der Waals surface area (Å²) in [4.78, 5) is 0. The van der Waals surface area contributed by atoms with Crippen LogP contribution in [0.3, 0.4) is 0 Å². The highest BCUT2D eigenvalue weighted by Gasteiger charge is 2.13. The van der Waals surface area contributed by atoms with Crippen molar-refractivity contribution in [1.82, 2.24) is 0 Å². The number of unbranched alkanes of at least 4 members (excludes halogenated alkanes) is 19. The van der Waals surface area contributed by atoms with Gasteiger partial charge in [0.15, 0.2) is 0 Å². The molecule has 0 N–H and O–H groups in total. The van der Waals surface area contributed by atoms with Crippen molar-refractivity contribution in [3.05, 3.63) is 0 Å². The van der Waals surface area contributed by atoms with Gasteiger partial charge in [-0.3, -0.25) is 0 Å². The van der Waals surface area contributed by atoms with Gasteiger partial charge in [0.05, 0.1) is 27.2 Å². The van der Waals surface area contributed by atoms with Crippen LogP contribution < -0.4 is 12.4 Å². The molecule has 200 valence electrons. The highest BCUT2D eigenvalue weighted by molar-refractivity contribution is 6.26. The maximum atomic E-state index is 5.47. The second kappa shape index (κ2) is 28.7. The van der Waals surface area contributed by atoms with Gasteiger partial charge in [0.1, 0.15) is 0 Å². The van der Waals surface area contributed by atoms with Crippen LogP contribution in [0.25, 0.3) is 0 Å². The SMILES string of the molecule is CCCCCCCCCCCCCCCCCCCCCC[N+](C)(C)CCC[Si]OCC.[Cl-]. The molecule has 0 amide bonds. The molecule has 0 heterocycles. The van der Waals surface area contributed by atoms with E-state index in [1.165, 1.54) is 158 Å². The lowest BCUT2D eigenvalue weighted by Crippen LogP contribution is -3.00. The van der Waals surface area contributed by atoms with E-state index in [9.17, 15) is 0 Å². The van der Waals surface area contributed by atoms with Gasteiger partial charge in [-0.2, -0.15) is 0 Å². The van der Waals surface area contributed by atoms with Crippen LogP contribution in [-0.4, -0.2) is 48.0 Å². The number of halogens is 1. The Kier molecular flexibility index (Phi) is 30.9. The Bertz CT molecular complexity index is 355. The van der Waals surface area contributed by atoms with Gasteiger partial charge < -0.3 is 21.3 Å². The Morgan fingerprint density at radius 1 is 0.485 bits per heavy atom. The van der Waals surface area contributed by atoms with Gasteiger partial charge >= 0.3 is 0 Å². The Hall–Kier alpha value is 0.427. The van der Waals surface area contributed by atoms with E-state index < -0.39 is 0 Å². The molecule has 0 aromatic carbocycles. The van der Waals surface area contributed by atoms with E-state index in [1.54, 1.807) is 0 Å². The molecule has 0 unspecified atom stereocenters. The van der Waals surface area contributed by atoms with Gasteiger partial charge in [-0.05, 0) is 32.2 Å². The molecule has 0 aliphatic heterocycles. The average Bonchev–Trinajstić information content (AvgIpc) is 2.77. The Morgan fingerprint density at radius 3 is 1.18 bits per heavy atom. The third kappa shape index (κ3) is 30.4. The number of hydrogen-bond acceptors (Lipinski definition) is 1. The summed E-state index contributed by atoms with van der Waals surface area (Å²) in [5.41, 5.74) is 0. The molecular formula is C29H62ClNOSi. The van der Waals surface area contributed by atoms with Crippen molar-refractivity contribution in [2.45, 2.75) is 155 Å². The molecule has 0 bridgehead atoms. The molecule has 2 radical (unpaired) electrons. The second-order valence-electron chi connectivity index (χ2n) is 10.8. The molecule has 2 nitrogen and oxygen atoms in total. The molecule has 0 rings (SSSR count). The molecule has 0 fully saturated rings. The first kappa shape index (κ1) is 35.6. The number of hydrogen-bond donors (Lipinski definition) is 0. The fourth-order valence-electron chi connectivity index (χ4n) is 4.66. The molecular weight excluding hydrogens is 442 g/mol. The Balaban J connectivity index is 0. The topological polar surface area (TPSA) is 9.23 Å². The smallest absolute Gasteiger partial charge is 0.229 e. The van der Waals surface area contributed by atoms with Crippen molar-refractivity contribution in [2.24, 2.45) is 0 Å².